The average Bonchev–Trinajstić information content (AvgIpc) is 3.21. The number of para-hydroxylation sites is 1. The smallest absolute Gasteiger partial charge is 0.416 e. The van der Waals surface area contributed by atoms with E-state index < -0.39 is 11.7 Å². The third-order valence-electron chi connectivity index (χ3n) is 4.97. The van der Waals surface area contributed by atoms with E-state index >= 15 is 0 Å². The second-order valence-electron chi connectivity index (χ2n) is 7.21. The largest absolute Gasteiger partial charge is 0.486 e. The van der Waals surface area contributed by atoms with Gasteiger partial charge in [-0.15, -0.1) is 0 Å². The number of alkyl halides is 3. The minimum absolute atomic E-state index is 0.297. The first-order valence-electron chi connectivity index (χ1n) is 9.86. The number of nitrogens with zero attached hydrogens (tertiary/aromatic N) is 2. The van der Waals surface area contributed by atoms with Crippen LogP contribution in [0.3, 0.4) is 0 Å². The number of thiazole rings is 1. The Hall–Kier alpha value is -3.06. The maximum atomic E-state index is 12.8. The molecule has 0 saturated heterocycles. The average molecular weight is 443 g/mol. The summed E-state index contributed by atoms with van der Waals surface area (Å²) in [4.78, 5) is 6.76. The van der Waals surface area contributed by atoms with Crippen molar-refractivity contribution in [2.24, 2.45) is 0 Å². The molecule has 7 heteroatoms. The molecule has 1 aromatic heterocycles. The molecule has 4 rings (SSSR count). The van der Waals surface area contributed by atoms with Crippen LogP contribution in [-0.4, -0.2) is 18.6 Å². The molecule has 1 atom stereocenters. The first-order valence-corrected chi connectivity index (χ1v) is 10.7. The molecular weight excluding hydrogens is 421 g/mol. The van der Waals surface area contributed by atoms with Crippen LogP contribution in [0.4, 0.5) is 18.3 Å². The fraction of sp³-hybridized carbons (Fsp3) is 0.208. The molecule has 0 aliphatic heterocycles. The molecule has 1 unspecified atom stereocenters. The fourth-order valence-corrected chi connectivity index (χ4v) is 4.23. The van der Waals surface area contributed by atoms with Crippen LogP contribution in [0, 0.1) is 0 Å². The van der Waals surface area contributed by atoms with Crippen LogP contribution in [0.2, 0.25) is 0 Å². The predicted octanol–water partition coefficient (Wildman–Crippen LogP) is 6.96. The Bertz CT molecular complexity index is 1090. The van der Waals surface area contributed by atoms with Crippen molar-refractivity contribution in [1.82, 2.24) is 4.98 Å². The molecule has 0 amide bonds. The van der Waals surface area contributed by atoms with Gasteiger partial charge < -0.3 is 9.64 Å². The summed E-state index contributed by atoms with van der Waals surface area (Å²) in [7, 11) is 1.98. The summed E-state index contributed by atoms with van der Waals surface area (Å²) >= 11 is 1.63. The van der Waals surface area contributed by atoms with Crippen LogP contribution in [0.5, 0.6) is 5.75 Å². The zero-order chi connectivity index (χ0) is 21.8. The maximum Gasteiger partial charge on any atom is 0.416 e. The number of aromatic nitrogens is 1. The van der Waals surface area contributed by atoms with Crippen LogP contribution in [0.15, 0.2) is 78.9 Å². The summed E-state index contributed by atoms with van der Waals surface area (Å²) in [5.41, 5.74) is 1.25. The van der Waals surface area contributed by atoms with Gasteiger partial charge in [0.1, 0.15) is 11.9 Å². The lowest BCUT2D eigenvalue weighted by Crippen LogP contribution is -2.22. The van der Waals surface area contributed by atoms with Gasteiger partial charge in [-0.25, -0.2) is 4.98 Å². The number of anilines is 1. The molecule has 4 aromatic rings. The second-order valence-corrected chi connectivity index (χ2v) is 8.22. The Kier molecular flexibility index (Phi) is 6.13. The monoisotopic (exact) mass is 442 g/mol. The minimum Gasteiger partial charge on any atom is -0.486 e. The number of ether oxygens (including phenoxy) is 1. The second kappa shape index (κ2) is 8.98. The first-order chi connectivity index (χ1) is 14.9. The lowest BCUT2D eigenvalue weighted by atomic mass is 10.1. The molecule has 3 nitrogen and oxygen atoms in total. The SMILES string of the molecule is CN(CCC(Oc1ccc(C(F)(F)F)cc1)c1ccccc1)c1nc2ccccc2s1. The van der Waals surface area contributed by atoms with Crippen molar-refractivity contribution in [2.45, 2.75) is 18.7 Å². The van der Waals surface area contributed by atoms with Gasteiger partial charge in [0.15, 0.2) is 5.13 Å². The number of benzene rings is 3. The van der Waals surface area contributed by atoms with E-state index in [1.165, 1.54) is 12.1 Å². The van der Waals surface area contributed by atoms with Gasteiger partial charge in [-0.05, 0) is 42.0 Å². The Morgan fingerprint density at radius 2 is 1.61 bits per heavy atom. The van der Waals surface area contributed by atoms with Crippen molar-refractivity contribution >= 4 is 26.7 Å². The quantitative estimate of drug-likeness (QED) is 0.309. The van der Waals surface area contributed by atoms with Gasteiger partial charge in [0.25, 0.3) is 0 Å². The van der Waals surface area contributed by atoms with Crippen molar-refractivity contribution in [3.8, 4) is 5.75 Å². The summed E-state index contributed by atoms with van der Waals surface area (Å²) in [6, 6.07) is 22.5. The minimum atomic E-state index is -4.36. The van der Waals surface area contributed by atoms with Crippen molar-refractivity contribution in [2.75, 3.05) is 18.5 Å². The molecule has 0 bridgehead atoms. The highest BCUT2D eigenvalue weighted by molar-refractivity contribution is 7.22. The van der Waals surface area contributed by atoms with Gasteiger partial charge in [-0.3, -0.25) is 0 Å². The van der Waals surface area contributed by atoms with Crippen LogP contribution in [0.1, 0.15) is 23.7 Å². The summed E-state index contributed by atoms with van der Waals surface area (Å²) in [6.45, 7) is 0.681. The zero-order valence-corrected chi connectivity index (χ0v) is 17.7. The van der Waals surface area contributed by atoms with Gasteiger partial charge in [-0.1, -0.05) is 53.8 Å². The third-order valence-corrected chi connectivity index (χ3v) is 6.12. The van der Waals surface area contributed by atoms with E-state index in [9.17, 15) is 13.2 Å². The Morgan fingerprint density at radius 3 is 2.29 bits per heavy atom. The van der Waals surface area contributed by atoms with Crippen molar-refractivity contribution in [3.63, 3.8) is 0 Å². The van der Waals surface area contributed by atoms with Crippen LogP contribution >= 0.6 is 11.3 Å². The van der Waals surface area contributed by atoms with E-state index in [1.54, 1.807) is 11.3 Å². The Labute approximate surface area is 182 Å². The molecule has 0 aliphatic rings. The van der Waals surface area contributed by atoms with Crippen molar-refractivity contribution in [1.29, 1.82) is 0 Å². The van der Waals surface area contributed by atoms with Crippen molar-refractivity contribution < 1.29 is 17.9 Å². The molecule has 160 valence electrons. The molecule has 0 radical (unpaired) electrons. The summed E-state index contributed by atoms with van der Waals surface area (Å²) < 4.78 is 45.8. The first kappa shape index (κ1) is 21.2. The van der Waals surface area contributed by atoms with Gasteiger partial charge in [0.2, 0.25) is 0 Å². The normalized spacial score (nSPS) is 12.6. The Morgan fingerprint density at radius 1 is 0.935 bits per heavy atom. The van der Waals surface area contributed by atoms with E-state index in [2.05, 4.69) is 9.88 Å². The van der Waals surface area contributed by atoms with Gasteiger partial charge in [0, 0.05) is 20.0 Å². The lowest BCUT2D eigenvalue weighted by molar-refractivity contribution is -0.137. The van der Waals surface area contributed by atoms with Gasteiger partial charge >= 0.3 is 6.18 Å². The van der Waals surface area contributed by atoms with E-state index in [0.29, 0.717) is 18.7 Å². The topological polar surface area (TPSA) is 25.4 Å². The van der Waals surface area contributed by atoms with Crippen molar-refractivity contribution in [3.05, 3.63) is 90.0 Å². The van der Waals surface area contributed by atoms with Crippen LogP contribution in [-0.2, 0) is 6.18 Å². The van der Waals surface area contributed by atoms with E-state index in [4.69, 9.17) is 4.74 Å². The van der Waals surface area contributed by atoms with E-state index in [0.717, 1.165) is 33.0 Å². The molecular formula is C24H21F3N2OS. The van der Waals surface area contributed by atoms with Crippen LogP contribution < -0.4 is 9.64 Å². The number of hydrogen-bond donors (Lipinski definition) is 0. The van der Waals surface area contributed by atoms with Gasteiger partial charge in [-0.2, -0.15) is 13.2 Å². The third kappa shape index (κ3) is 5.17. The number of halogens is 3. The number of fused-ring (bicyclic) bond motifs is 1. The molecule has 1 heterocycles. The van der Waals surface area contributed by atoms with Crippen LogP contribution in [0.25, 0.3) is 10.2 Å². The van der Waals surface area contributed by atoms with Gasteiger partial charge in [0.05, 0.1) is 15.8 Å². The summed E-state index contributed by atoms with van der Waals surface area (Å²) in [5.74, 6) is 0.407. The fourth-order valence-electron chi connectivity index (χ4n) is 3.28. The highest BCUT2D eigenvalue weighted by atomic mass is 32.1. The highest BCUT2D eigenvalue weighted by Crippen LogP contribution is 2.33. The Balaban J connectivity index is 1.49. The molecule has 0 aliphatic carbocycles. The standard InChI is InChI=1S/C24H21F3N2OS/c1-29(23-28-20-9-5-6-10-22(20)31-23)16-15-21(17-7-3-2-4-8-17)30-19-13-11-18(12-14-19)24(25,26)27/h2-14,21H,15-16H2,1H3. The van der Waals surface area contributed by atoms with E-state index in [1.807, 2.05) is 61.6 Å². The molecule has 0 spiro atoms. The summed E-state index contributed by atoms with van der Waals surface area (Å²) in [5, 5.41) is 0.919. The number of hydrogen-bond acceptors (Lipinski definition) is 4. The molecule has 31 heavy (non-hydrogen) atoms. The lowest BCUT2D eigenvalue weighted by Gasteiger charge is -2.23. The summed E-state index contributed by atoms with van der Waals surface area (Å²) in [6.07, 6.45) is -4.01. The maximum absolute atomic E-state index is 12.8. The molecule has 0 saturated carbocycles. The molecule has 0 fully saturated rings. The number of rotatable bonds is 7. The zero-order valence-electron chi connectivity index (χ0n) is 16.8. The molecule has 3 aromatic carbocycles. The predicted molar refractivity (Wildman–Crippen MR) is 119 cm³/mol. The molecule has 0 N–H and O–H groups in total. The highest BCUT2D eigenvalue weighted by Gasteiger charge is 2.30. The van der Waals surface area contributed by atoms with E-state index in [-0.39, 0.29) is 6.10 Å².